The molecule has 50 heavy (non-hydrogen) atoms. The Balaban J connectivity index is 1.38. The van der Waals surface area contributed by atoms with Crippen LogP contribution in [0.15, 0.2) is 152 Å². The van der Waals surface area contributed by atoms with Gasteiger partial charge >= 0.3 is 0 Å². The maximum absolute atomic E-state index is 5.52. The number of rotatable bonds is 2. The minimum Gasteiger partial charge on any atom is -0.276 e. The van der Waals surface area contributed by atoms with Crippen LogP contribution in [-0.2, 0) is 0 Å². The lowest BCUT2D eigenvalue weighted by atomic mass is 9.96. The van der Waals surface area contributed by atoms with Crippen molar-refractivity contribution < 1.29 is 0 Å². The highest BCUT2D eigenvalue weighted by atomic mass is 32.1. The molecule has 1 aliphatic rings. The summed E-state index contributed by atoms with van der Waals surface area (Å²) in [4.78, 5) is 10.9. The summed E-state index contributed by atoms with van der Waals surface area (Å²) in [6.45, 7) is 0. The SMILES string of the molecule is c1ccc(-c2nc(-n3c4c5cccc6c5c(cc4c4c5ccccc5c5c7ccccc7sc5c43)-c3ccccc3-6)nc3ccccc23)cc1. The van der Waals surface area contributed by atoms with Crippen LogP contribution < -0.4 is 0 Å². The third-order valence-corrected chi connectivity index (χ3v) is 11.9. The van der Waals surface area contributed by atoms with Crippen molar-refractivity contribution in [1.82, 2.24) is 14.5 Å². The molecular weight excluding hydrogens is 627 g/mol. The first-order valence-electron chi connectivity index (χ1n) is 17.0. The Morgan fingerprint density at radius 2 is 1.06 bits per heavy atom. The molecule has 11 aromatic rings. The van der Waals surface area contributed by atoms with Crippen LogP contribution >= 0.6 is 11.3 Å². The molecule has 0 atom stereocenters. The van der Waals surface area contributed by atoms with Gasteiger partial charge in [0.25, 0.3) is 0 Å². The van der Waals surface area contributed by atoms with Crippen LogP contribution in [0.1, 0.15) is 0 Å². The van der Waals surface area contributed by atoms with Crippen molar-refractivity contribution in [3.05, 3.63) is 152 Å². The fourth-order valence-corrected chi connectivity index (χ4v) is 9.97. The lowest BCUT2D eigenvalue weighted by Crippen LogP contribution is -2.04. The highest BCUT2D eigenvalue weighted by molar-refractivity contribution is 7.27. The molecule has 3 heterocycles. The van der Waals surface area contributed by atoms with Gasteiger partial charge < -0.3 is 0 Å². The minimum absolute atomic E-state index is 0.688. The van der Waals surface area contributed by atoms with Gasteiger partial charge in [0.05, 0.1) is 26.9 Å². The Hall–Kier alpha value is -6.36. The number of fused-ring (bicyclic) bond motifs is 15. The quantitative estimate of drug-likeness (QED) is 0.186. The smallest absolute Gasteiger partial charge is 0.235 e. The van der Waals surface area contributed by atoms with Gasteiger partial charge in [-0.15, -0.1) is 11.3 Å². The first kappa shape index (κ1) is 26.6. The van der Waals surface area contributed by atoms with Crippen LogP contribution in [0.3, 0.4) is 0 Å². The summed E-state index contributed by atoms with van der Waals surface area (Å²) in [5, 5.41) is 11.2. The summed E-state index contributed by atoms with van der Waals surface area (Å²) in [6, 6.07) is 54.8. The Morgan fingerprint density at radius 1 is 0.420 bits per heavy atom. The van der Waals surface area contributed by atoms with E-state index in [0.29, 0.717) is 5.95 Å². The van der Waals surface area contributed by atoms with Crippen molar-refractivity contribution in [1.29, 1.82) is 0 Å². The third kappa shape index (κ3) is 3.33. The summed E-state index contributed by atoms with van der Waals surface area (Å²) in [6.07, 6.45) is 0. The number of benzene rings is 8. The molecule has 3 nitrogen and oxygen atoms in total. The molecule has 8 aromatic carbocycles. The predicted octanol–water partition coefficient (Wildman–Crippen LogP) is 12.7. The zero-order valence-corrected chi connectivity index (χ0v) is 27.5. The van der Waals surface area contributed by atoms with E-state index in [1.165, 1.54) is 80.3 Å². The molecule has 0 saturated carbocycles. The van der Waals surface area contributed by atoms with Crippen molar-refractivity contribution in [3.63, 3.8) is 0 Å². The Labute approximate surface area is 290 Å². The number of hydrogen-bond donors (Lipinski definition) is 0. The van der Waals surface area contributed by atoms with Crippen molar-refractivity contribution in [2.45, 2.75) is 0 Å². The second kappa shape index (κ2) is 9.63. The molecule has 230 valence electrons. The number of hydrogen-bond acceptors (Lipinski definition) is 3. The average Bonchev–Trinajstić information content (AvgIpc) is 3.84. The summed E-state index contributed by atoms with van der Waals surface area (Å²) in [5.41, 5.74) is 10.4. The van der Waals surface area contributed by atoms with E-state index in [0.717, 1.165) is 27.7 Å². The summed E-state index contributed by atoms with van der Waals surface area (Å²) < 4.78 is 4.95. The highest BCUT2D eigenvalue weighted by Crippen LogP contribution is 2.54. The molecule has 0 unspecified atom stereocenters. The van der Waals surface area contributed by atoms with E-state index < -0.39 is 0 Å². The van der Waals surface area contributed by atoms with E-state index in [9.17, 15) is 0 Å². The van der Waals surface area contributed by atoms with E-state index in [1.807, 2.05) is 11.3 Å². The van der Waals surface area contributed by atoms with Gasteiger partial charge in [-0.25, -0.2) is 9.97 Å². The average molecular weight is 652 g/mol. The maximum atomic E-state index is 5.52. The van der Waals surface area contributed by atoms with E-state index in [4.69, 9.17) is 9.97 Å². The monoisotopic (exact) mass is 651 g/mol. The number of aromatic nitrogens is 3. The van der Waals surface area contributed by atoms with Crippen molar-refractivity contribution >= 4 is 85.8 Å². The first-order valence-corrected chi connectivity index (χ1v) is 17.8. The van der Waals surface area contributed by atoms with Gasteiger partial charge in [-0.1, -0.05) is 133 Å². The summed E-state index contributed by atoms with van der Waals surface area (Å²) in [5.74, 6) is 0.688. The van der Waals surface area contributed by atoms with Crippen molar-refractivity contribution in [3.8, 4) is 39.5 Å². The molecule has 0 radical (unpaired) electrons. The van der Waals surface area contributed by atoms with Crippen LogP contribution in [0.5, 0.6) is 0 Å². The highest BCUT2D eigenvalue weighted by Gasteiger charge is 2.29. The van der Waals surface area contributed by atoms with Crippen LogP contribution in [-0.4, -0.2) is 14.5 Å². The fourth-order valence-electron chi connectivity index (χ4n) is 8.71. The second-order valence-electron chi connectivity index (χ2n) is 13.3. The predicted molar refractivity (Wildman–Crippen MR) is 212 cm³/mol. The van der Waals surface area contributed by atoms with Gasteiger partial charge in [-0.05, 0) is 56.6 Å². The van der Waals surface area contributed by atoms with Crippen LogP contribution in [0, 0.1) is 0 Å². The van der Waals surface area contributed by atoms with Crippen molar-refractivity contribution in [2.75, 3.05) is 0 Å². The van der Waals surface area contributed by atoms with E-state index >= 15 is 0 Å². The molecule has 0 N–H and O–H groups in total. The molecular formula is C46H25N3S. The molecule has 0 aliphatic heterocycles. The first-order chi connectivity index (χ1) is 24.8. The molecule has 0 amide bonds. The van der Waals surface area contributed by atoms with Crippen LogP contribution in [0.25, 0.3) is 114 Å². The molecule has 0 bridgehead atoms. The standard InChI is InChI=1S/C46H25N3S/c1-2-13-26(14-3-1)42-32-19-8-10-23-37(32)47-46(48-42)49-43-34-22-12-21-29-27-15-4-5-16-28(27)35(39(29)34)25-36(43)40-30-17-6-7-18-31(30)41-33-20-9-11-24-38(33)50-45(41)44(40)49/h1-25H. The summed E-state index contributed by atoms with van der Waals surface area (Å²) in [7, 11) is 0. The number of para-hydroxylation sites is 1. The zero-order chi connectivity index (χ0) is 32.5. The molecule has 0 saturated heterocycles. The van der Waals surface area contributed by atoms with Crippen LogP contribution in [0.4, 0.5) is 0 Å². The molecule has 12 rings (SSSR count). The molecule has 3 aromatic heterocycles. The number of thiophene rings is 1. The minimum atomic E-state index is 0.688. The molecule has 1 aliphatic carbocycles. The fraction of sp³-hybridized carbons (Fsp3) is 0. The lowest BCUT2D eigenvalue weighted by Gasteiger charge is -2.13. The van der Waals surface area contributed by atoms with E-state index in [1.54, 1.807) is 0 Å². The maximum Gasteiger partial charge on any atom is 0.235 e. The molecule has 0 fully saturated rings. The van der Waals surface area contributed by atoms with E-state index in [2.05, 4.69) is 156 Å². The van der Waals surface area contributed by atoms with Gasteiger partial charge in [0, 0.05) is 42.6 Å². The van der Waals surface area contributed by atoms with E-state index in [-0.39, 0.29) is 0 Å². The van der Waals surface area contributed by atoms with Gasteiger partial charge in [-0.3, -0.25) is 4.57 Å². The lowest BCUT2D eigenvalue weighted by molar-refractivity contribution is 1.02. The normalized spacial score (nSPS) is 12.4. The van der Waals surface area contributed by atoms with Gasteiger partial charge in [0.1, 0.15) is 0 Å². The molecule has 4 heteroatoms. The second-order valence-corrected chi connectivity index (χ2v) is 14.3. The Bertz CT molecular complexity index is 3260. The topological polar surface area (TPSA) is 30.7 Å². The Kier molecular flexibility index (Phi) is 5.12. The summed E-state index contributed by atoms with van der Waals surface area (Å²) >= 11 is 1.87. The Morgan fingerprint density at radius 3 is 1.90 bits per heavy atom. The van der Waals surface area contributed by atoms with Gasteiger partial charge in [0.2, 0.25) is 5.95 Å². The number of nitrogens with zero attached hydrogens (tertiary/aromatic N) is 3. The van der Waals surface area contributed by atoms with Gasteiger partial charge in [-0.2, -0.15) is 0 Å². The molecule has 0 spiro atoms. The van der Waals surface area contributed by atoms with Crippen molar-refractivity contribution in [2.24, 2.45) is 0 Å². The third-order valence-electron chi connectivity index (χ3n) is 10.7. The van der Waals surface area contributed by atoms with Crippen LogP contribution in [0.2, 0.25) is 0 Å². The zero-order valence-electron chi connectivity index (χ0n) is 26.7. The largest absolute Gasteiger partial charge is 0.276 e. The van der Waals surface area contributed by atoms with Gasteiger partial charge in [0.15, 0.2) is 0 Å².